The molecule has 0 spiro atoms. The lowest BCUT2D eigenvalue weighted by atomic mass is 10.2. The lowest BCUT2D eigenvalue weighted by Crippen LogP contribution is -2.22. The number of thiocarbonyl (C=S) groups is 1. The number of nitrogens with zero attached hydrogens (tertiary/aromatic N) is 2. The van der Waals surface area contributed by atoms with Gasteiger partial charge in [0, 0.05) is 0 Å². The van der Waals surface area contributed by atoms with Gasteiger partial charge in [0.2, 0.25) is 0 Å². The lowest BCUT2D eigenvalue weighted by molar-refractivity contribution is -0.122. The third-order valence-electron chi connectivity index (χ3n) is 3.09. The Hall–Kier alpha value is -2.44. The number of amides is 1. The summed E-state index contributed by atoms with van der Waals surface area (Å²) in [5.74, 6) is -0.0672. The fourth-order valence-electron chi connectivity index (χ4n) is 1.94. The number of carbonyl (C=O) groups excluding carboxylic acids is 1. The van der Waals surface area contributed by atoms with Gasteiger partial charge in [-0.15, -0.1) is 0 Å². The van der Waals surface area contributed by atoms with Gasteiger partial charge in [0.15, 0.2) is 4.32 Å². The molecule has 6 heteroatoms. The van der Waals surface area contributed by atoms with Gasteiger partial charge in [-0.1, -0.05) is 54.2 Å². The first-order chi connectivity index (χ1) is 11.1. The van der Waals surface area contributed by atoms with E-state index in [1.807, 2.05) is 30.3 Å². The molecule has 0 radical (unpaired) electrons. The summed E-state index contributed by atoms with van der Waals surface area (Å²) in [7, 11) is 0. The first kappa shape index (κ1) is 15.5. The molecule has 0 atom stereocenters. The highest BCUT2D eigenvalue weighted by atomic mass is 32.2. The minimum atomic E-state index is -0.250. The van der Waals surface area contributed by atoms with Crippen LogP contribution in [0.25, 0.3) is 6.08 Å². The van der Waals surface area contributed by atoms with Crippen molar-refractivity contribution in [1.29, 1.82) is 0 Å². The molecule has 0 unspecified atom stereocenters. The minimum Gasteiger partial charge on any atom is -0.508 e. The van der Waals surface area contributed by atoms with Gasteiger partial charge in [0.1, 0.15) is 5.75 Å². The van der Waals surface area contributed by atoms with Gasteiger partial charge in [-0.05, 0) is 41.6 Å². The third-order valence-corrected chi connectivity index (χ3v) is 4.37. The van der Waals surface area contributed by atoms with Gasteiger partial charge in [-0.3, -0.25) is 4.79 Å². The molecule has 0 aliphatic carbocycles. The predicted molar refractivity (Wildman–Crippen MR) is 97.2 cm³/mol. The molecular weight excluding hydrogens is 328 g/mol. The first-order valence-corrected chi connectivity index (χ1v) is 8.02. The maximum absolute atomic E-state index is 12.4. The number of hydrogen-bond acceptors (Lipinski definition) is 5. The number of benzene rings is 2. The SMILES string of the molecule is O=C1/C(=C/c2ccc(O)cc2)SC(=S)N1/N=C/c1ccccc1. The van der Waals surface area contributed by atoms with Crippen LogP contribution in [0.2, 0.25) is 0 Å². The molecule has 1 aliphatic rings. The van der Waals surface area contributed by atoms with Crippen LogP contribution >= 0.6 is 24.0 Å². The van der Waals surface area contributed by atoms with Gasteiger partial charge < -0.3 is 5.11 Å². The third kappa shape index (κ3) is 3.67. The molecule has 0 bridgehead atoms. The Morgan fingerprint density at radius 1 is 1.04 bits per heavy atom. The quantitative estimate of drug-likeness (QED) is 0.527. The standard InChI is InChI=1S/C17H12N2O2S2/c20-14-8-6-12(7-9-14)10-15-16(21)19(17(22)23-15)18-11-13-4-2-1-3-5-13/h1-11,20H/b15-10-,18-11+. The Balaban J connectivity index is 1.80. The van der Waals surface area contributed by atoms with Gasteiger partial charge in [0.25, 0.3) is 5.91 Å². The Morgan fingerprint density at radius 2 is 1.74 bits per heavy atom. The summed E-state index contributed by atoms with van der Waals surface area (Å²) in [6.45, 7) is 0. The average Bonchev–Trinajstić information content (AvgIpc) is 2.82. The smallest absolute Gasteiger partial charge is 0.286 e. The van der Waals surface area contributed by atoms with Crippen LogP contribution in [0.4, 0.5) is 0 Å². The molecule has 2 aromatic carbocycles. The van der Waals surface area contributed by atoms with E-state index in [2.05, 4.69) is 5.10 Å². The van der Waals surface area contributed by atoms with E-state index in [0.717, 1.165) is 11.1 Å². The highest BCUT2D eigenvalue weighted by molar-refractivity contribution is 8.26. The van der Waals surface area contributed by atoms with E-state index < -0.39 is 0 Å². The highest BCUT2D eigenvalue weighted by Gasteiger charge is 2.31. The summed E-state index contributed by atoms with van der Waals surface area (Å²) in [6.07, 6.45) is 3.34. The number of aromatic hydroxyl groups is 1. The van der Waals surface area contributed by atoms with E-state index in [1.54, 1.807) is 36.6 Å². The number of thioether (sulfide) groups is 1. The number of phenolic OH excluding ortho intramolecular Hbond substituents is 1. The molecule has 0 aromatic heterocycles. The van der Waals surface area contributed by atoms with Crippen molar-refractivity contribution >= 4 is 46.5 Å². The van der Waals surface area contributed by atoms with Crippen molar-refractivity contribution in [2.24, 2.45) is 5.10 Å². The average molecular weight is 340 g/mol. The molecule has 114 valence electrons. The minimum absolute atomic E-state index is 0.183. The van der Waals surface area contributed by atoms with Crippen LogP contribution in [0.15, 0.2) is 64.6 Å². The van der Waals surface area contributed by atoms with Crippen LogP contribution in [0.3, 0.4) is 0 Å². The van der Waals surface area contributed by atoms with Crippen LogP contribution in [0, 0.1) is 0 Å². The molecule has 1 amide bonds. The Labute approximate surface area is 143 Å². The summed E-state index contributed by atoms with van der Waals surface area (Å²) in [5, 5.41) is 14.7. The molecule has 1 fully saturated rings. The van der Waals surface area contributed by atoms with Crippen molar-refractivity contribution in [2.45, 2.75) is 0 Å². The second-order valence-corrected chi connectivity index (χ2v) is 6.42. The van der Waals surface area contributed by atoms with Crippen molar-refractivity contribution in [2.75, 3.05) is 0 Å². The second-order valence-electron chi connectivity index (χ2n) is 4.74. The summed E-state index contributed by atoms with van der Waals surface area (Å²) < 4.78 is 0.396. The Morgan fingerprint density at radius 3 is 2.43 bits per heavy atom. The van der Waals surface area contributed by atoms with Crippen LogP contribution < -0.4 is 0 Å². The second kappa shape index (κ2) is 6.76. The highest BCUT2D eigenvalue weighted by Crippen LogP contribution is 2.32. The predicted octanol–water partition coefficient (Wildman–Crippen LogP) is 3.63. The van der Waals surface area contributed by atoms with E-state index in [-0.39, 0.29) is 11.7 Å². The molecule has 23 heavy (non-hydrogen) atoms. The van der Waals surface area contributed by atoms with Crippen molar-refractivity contribution < 1.29 is 9.90 Å². The van der Waals surface area contributed by atoms with E-state index in [4.69, 9.17) is 12.2 Å². The molecule has 3 rings (SSSR count). The fourth-order valence-corrected chi connectivity index (χ4v) is 3.12. The number of hydrogen-bond donors (Lipinski definition) is 1. The zero-order valence-corrected chi connectivity index (χ0v) is 13.6. The van der Waals surface area contributed by atoms with Crippen molar-refractivity contribution in [1.82, 2.24) is 5.01 Å². The monoisotopic (exact) mass is 340 g/mol. The topological polar surface area (TPSA) is 52.9 Å². The Bertz CT molecular complexity index is 799. The summed E-state index contributed by atoms with van der Waals surface area (Å²) >= 11 is 6.43. The lowest BCUT2D eigenvalue weighted by Gasteiger charge is -2.05. The van der Waals surface area contributed by atoms with Gasteiger partial charge in [-0.25, -0.2) is 0 Å². The van der Waals surface area contributed by atoms with Gasteiger partial charge in [-0.2, -0.15) is 10.1 Å². The molecule has 1 heterocycles. The number of hydrazone groups is 1. The van der Waals surface area contributed by atoms with E-state index in [0.29, 0.717) is 9.23 Å². The summed E-state index contributed by atoms with van der Waals surface area (Å²) in [5.41, 5.74) is 1.71. The van der Waals surface area contributed by atoms with Crippen LogP contribution in [-0.4, -0.2) is 26.6 Å². The maximum Gasteiger partial charge on any atom is 0.286 e. The van der Waals surface area contributed by atoms with Crippen molar-refractivity contribution in [3.63, 3.8) is 0 Å². The molecule has 0 saturated carbocycles. The summed E-state index contributed by atoms with van der Waals surface area (Å²) in [4.78, 5) is 12.9. The number of carbonyl (C=O) groups is 1. The van der Waals surface area contributed by atoms with E-state index >= 15 is 0 Å². The largest absolute Gasteiger partial charge is 0.508 e. The number of rotatable bonds is 3. The Kier molecular flexibility index (Phi) is 4.55. The van der Waals surface area contributed by atoms with Crippen LogP contribution in [0.1, 0.15) is 11.1 Å². The molecule has 1 saturated heterocycles. The maximum atomic E-state index is 12.4. The fraction of sp³-hybridized carbons (Fsp3) is 0. The van der Waals surface area contributed by atoms with Crippen molar-refractivity contribution in [3.8, 4) is 5.75 Å². The first-order valence-electron chi connectivity index (χ1n) is 6.79. The summed E-state index contributed by atoms with van der Waals surface area (Å²) in [6, 6.07) is 16.1. The zero-order valence-electron chi connectivity index (χ0n) is 11.9. The molecule has 4 nitrogen and oxygen atoms in total. The van der Waals surface area contributed by atoms with Crippen LogP contribution in [0.5, 0.6) is 5.75 Å². The normalized spacial score (nSPS) is 16.7. The van der Waals surface area contributed by atoms with Gasteiger partial charge in [0.05, 0.1) is 11.1 Å². The van der Waals surface area contributed by atoms with E-state index in [9.17, 15) is 9.90 Å². The molecule has 1 N–H and O–H groups in total. The van der Waals surface area contributed by atoms with Crippen molar-refractivity contribution in [3.05, 3.63) is 70.6 Å². The van der Waals surface area contributed by atoms with Gasteiger partial charge >= 0.3 is 0 Å². The van der Waals surface area contributed by atoms with E-state index in [1.165, 1.54) is 16.8 Å². The van der Waals surface area contributed by atoms with Crippen LogP contribution in [-0.2, 0) is 4.79 Å². The molecular formula is C17H12N2O2S2. The molecule has 2 aromatic rings. The molecule has 1 aliphatic heterocycles. The zero-order chi connectivity index (χ0) is 16.2. The number of phenols is 1.